The molecule has 1 aromatic rings. The fourth-order valence-electron chi connectivity index (χ4n) is 2.74. The SMILES string of the molecule is CCCCCCCCCC[C@H](OC(=O)c1cnc(Cl)cn1)C(C)(C)C. The zero-order valence-corrected chi connectivity index (χ0v) is 16.9. The zero-order chi connectivity index (χ0) is 18.7. The van der Waals surface area contributed by atoms with Crippen molar-refractivity contribution in [3.63, 3.8) is 0 Å². The molecule has 4 nitrogen and oxygen atoms in total. The van der Waals surface area contributed by atoms with Crippen LogP contribution in [0.25, 0.3) is 0 Å². The van der Waals surface area contributed by atoms with Gasteiger partial charge in [-0.1, -0.05) is 84.2 Å². The number of aromatic nitrogens is 2. The van der Waals surface area contributed by atoms with Crippen molar-refractivity contribution >= 4 is 17.6 Å². The Kier molecular flexibility index (Phi) is 10.0. The molecule has 0 amide bonds. The maximum atomic E-state index is 12.3. The van der Waals surface area contributed by atoms with Crippen LogP contribution in [0, 0.1) is 5.41 Å². The lowest BCUT2D eigenvalue weighted by Gasteiger charge is -2.30. The van der Waals surface area contributed by atoms with Crippen LogP contribution in [0.15, 0.2) is 12.4 Å². The van der Waals surface area contributed by atoms with Crippen molar-refractivity contribution in [3.8, 4) is 0 Å². The molecule has 1 aromatic heterocycles. The van der Waals surface area contributed by atoms with Crippen molar-refractivity contribution in [3.05, 3.63) is 23.2 Å². The monoisotopic (exact) mass is 368 g/mol. The number of ether oxygens (including phenoxy) is 1. The Morgan fingerprint density at radius 1 is 1.04 bits per heavy atom. The number of hydrogen-bond acceptors (Lipinski definition) is 4. The summed E-state index contributed by atoms with van der Waals surface area (Å²) in [4.78, 5) is 20.2. The number of carbonyl (C=O) groups is 1. The Hall–Kier alpha value is -1.16. The molecule has 0 bridgehead atoms. The first-order chi connectivity index (χ1) is 11.8. The molecule has 0 radical (unpaired) electrons. The van der Waals surface area contributed by atoms with Gasteiger partial charge in [0.1, 0.15) is 11.3 Å². The highest BCUT2D eigenvalue weighted by Crippen LogP contribution is 2.27. The van der Waals surface area contributed by atoms with Crippen molar-refractivity contribution in [2.75, 3.05) is 0 Å². The van der Waals surface area contributed by atoms with E-state index in [1.807, 2.05) is 0 Å². The molecule has 0 unspecified atom stereocenters. The van der Waals surface area contributed by atoms with E-state index in [-0.39, 0.29) is 22.4 Å². The Morgan fingerprint density at radius 2 is 1.64 bits per heavy atom. The zero-order valence-electron chi connectivity index (χ0n) is 16.2. The van der Waals surface area contributed by atoms with E-state index in [1.54, 1.807) is 0 Å². The average molecular weight is 369 g/mol. The summed E-state index contributed by atoms with van der Waals surface area (Å²) in [7, 11) is 0. The number of unbranched alkanes of at least 4 members (excludes halogenated alkanes) is 7. The summed E-state index contributed by atoms with van der Waals surface area (Å²) in [6, 6.07) is 0. The largest absolute Gasteiger partial charge is 0.457 e. The van der Waals surface area contributed by atoms with E-state index in [0.29, 0.717) is 0 Å². The summed E-state index contributed by atoms with van der Waals surface area (Å²) >= 11 is 5.71. The van der Waals surface area contributed by atoms with Gasteiger partial charge in [-0.3, -0.25) is 0 Å². The standard InChI is InChI=1S/C20H33ClN2O2/c1-5-6-7-8-9-10-11-12-13-17(20(2,3)4)25-19(24)16-14-23-18(21)15-22-16/h14-15,17H,5-13H2,1-4H3/t17-/m0/s1. The van der Waals surface area contributed by atoms with Gasteiger partial charge in [0.05, 0.1) is 12.4 Å². The molecule has 25 heavy (non-hydrogen) atoms. The lowest BCUT2D eigenvalue weighted by atomic mass is 9.85. The van der Waals surface area contributed by atoms with E-state index in [4.69, 9.17) is 16.3 Å². The van der Waals surface area contributed by atoms with Crippen LogP contribution in [0.3, 0.4) is 0 Å². The molecule has 0 aliphatic carbocycles. The molecule has 1 atom stereocenters. The highest BCUT2D eigenvalue weighted by molar-refractivity contribution is 6.29. The number of halogens is 1. The topological polar surface area (TPSA) is 52.1 Å². The fraction of sp³-hybridized carbons (Fsp3) is 0.750. The number of nitrogens with zero attached hydrogens (tertiary/aromatic N) is 2. The fourth-order valence-corrected chi connectivity index (χ4v) is 2.84. The van der Waals surface area contributed by atoms with Gasteiger partial charge in [0, 0.05) is 0 Å². The van der Waals surface area contributed by atoms with E-state index >= 15 is 0 Å². The van der Waals surface area contributed by atoms with Crippen LogP contribution in [0.4, 0.5) is 0 Å². The lowest BCUT2D eigenvalue weighted by molar-refractivity contribution is -0.00752. The van der Waals surface area contributed by atoms with Crippen molar-refractivity contribution in [2.24, 2.45) is 5.41 Å². The van der Waals surface area contributed by atoms with E-state index < -0.39 is 5.97 Å². The summed E-state index contributed by atoms with van der Waals surface area (Å²) in [6.07, 6.45) is 13.6. The van der Waals surface area contributed by atoms with E-state index in [2.05, 4.69) is 37.7 Å². The minimum atomic E-state index is -0.427. The third-order valence-electron chi connectivity index (χ3n) is 4.36. The lowest BCUT2D eigenvalue weighted by Crippen LogP contribution is -2.32. The Balaban J connectivity index is 2.39. The minimum Gasteiger partial charge on any atom is -0.457 e. The predicted molar refractivity (Wildman–Crippen MR) is 103 cm³/mol. The van der Waals surface area contributed by atoms with Crippen LogP contribution in [-0.4, -0.2) is 22.0 Å². The number of hydrogen-bond donors (Lipinski definition) is 0. The van der Waals surface area contributed by atoms with Crippen molar-refractivity contribution in [1.29, 1.82) is 0 Å². The highest BCUT2D eigenvalue weighted by Gasteiger charge is 2.28. The maximum absolute atomic E-state index is 12.3. The van der Waals surface area contributed by atoms with Gasteiger partial charge in [0.2, 0.25) is 0 Å². The molecule has 5 heteroatoms. The highest BCUT2D eigenvalue weighted by atomic mass is 35.5. The third-order valence-corrected chi connectivity index (χ3v) is 4.56. The van der Waals surface area contributed by atoms with Crippen LogP contribution in [0.2, 0.25) is 5.15 Å². The average Bonchev–Trinajstić information content (AvgIpc) is 2.55. The molecule has 0 saturated carbocycles. The number of carbonyl (C=O) groups excluding carboxylic acids is 1. The maximum Gasteiger partial charge on any atom is 0.358 e. The second kappa shape index (κ2) is 11.5. The smallest absolute Gasteiger partial charge is 0.358 e. The van der Waals surface area contributed by atoms with Gasteiger partial charge < -0.3 is 4.74 Å². The van der Waals surface area contributed by atoms with Gasteiger partial charge in [-0.2, -0.15) is 0 Å². The molecule has 0 aliphatic heterocycles. The van der Waals surface area contributed by atoms with Crippen LogP contribution < -0.4 is 0 Å². The Labute approximate surface area is 157 Å². The minimum absolute atomic E-state index is 0.101. The summed E-state index contributed by atoms with van der Waals surface area (Å²) in [6.45, 7) is 8.54. The van der Waals surface area contributed by atoms with Gasteiger partial charge in [-0.05, 0) is 18.3 Å². The molecule has 0 fully saturated rings. The number of rotatable bonds is 11. The van der Waals surface area contributed by atoms with Crippen LogP contribution in [0.1, 0.15) is 96.0 Å². The first-order valence-corrected chi connectivity index (χ1v) is 9.91. The van der Waals surface area contributed by atoms with E-state index in [1.165, 1.54) is 57.3 Å². The van der Waals surface area contributed by atoms with Crippen molar-refractivity contribution < 1.29 is 9.53 Å². The molecule has 0 aliphatic rings. The second-order valence-electron chi connectivity index (χ2n) is 7.75. The quantitative estimate of drug-likeness (QED) is 0.343. The molecule has 0 N–H and O–H groups in total. The van der Waals surface area contributed by atoms with Crippen LogP contribution >= 0.6 is 11.6 Å². The van der Waals surface area contributed by atoms with Crippen molar-refractivity contribution in [1.82, 2.24) is 9.97 Å². The summed E-state index contributed by atoms with van der Waals surface area (Å²) in [5.41, 5.74) is 0.103. The predicted octanol–water partition coefficient (Wildman–Crippen LogP) is 6.23. The first-order valence-electron chi connectivity index (χ1n) is 9.53. The summed E-state index contributed by atoms with van der Waals surface area (Å²) < 4.78 is 5.72. The third kappa shape index (κ3) is 9.20. The first kappa shape index (κ1) is 21.9. The molecule has 142 valence electrons. The van der Waals surface area contributed by atoms with Crippen LogP contribution in [-0.2, 0) is 4.74 Å². The van der Waals surface area contributed by atoms with Crippen LogP contribution in [0.5, 0.6) is 0 Å². The van der Waals surface area contributed by atoms with Gasteiger partial charge >= 0.3 is 5.97 Å². The van der Waals surface area contributed by atoms with E-state index in [0.717, 1.165) is 12.8 Å². The normalized spacial score (nSPS) is 12.8. The van der Waals surface area contributed by atoms with Gasteiger partial charge in [0.15, 0.2) is 5.69 Å². The summed E-state index contributed by atoms with van der Waals surface area (Å²) in [5, 5.41) is 0.267. The Morgan fingerprint density at radius 3 is 2.16 bits per heavy atom. The van der Waals surface area contributed by atoms with E-state index in [9.17, 15) is 4.79 Å². The van der Waals surface area contributed by atoms with Gasteiger partial charge in [-0.25, -0.2) is 14.8 Å². The molecule has 1 rings (SSSR count). The number of esters is 1. The molecule has 0 aromatic carbocycles. The van der Waals surface area contributed by atoms with Crippen molar-refractivity contribution in [2.45, 2.75) is 91.6 Å². The molecular formula is C20H33ClN2O2. The summed E-state index contributed by atoms with van der Waals surface area (Å²) in [5.74, 6) is -0.427. The molecule has 1 heterocycles. The Bertz CT molecular complexity index is 497. The molecular weight excluding hydrogens is 336 g/mol. The van der Waals surface area contributed by atoms with Gasteiger partial charge in [0.25, 0.3) is 0 Å². The second-order valence-corrected chi connectivity index (χ2v) is 8.14. The molecule has 0 spiro atoms. The molecule has 0 saturated heterocycles. The van der Waals surface area contributed by atoms with Gasteiger partial charge in [-0.15, -0.1) is 0 Å².